The SMILES string of the molecule is O=C1CO[C@]2(CC[C@@](F)(C(=O)NCc3ccc(Cl)cc3Cl)c3cccnc32)CN1. The number of rotatable bonds is 3. The minimum atomic E-state index is -2.27. The second kappa shape index (κ2) is 7.55. The minimum Gasteiger partial charge on any atom is -0.357 e. The highest BCUT2D eigenvalue weighted by molar-refractivity contribution is 6.35. The molecule has 1 fully saturated rings. The van der Waals surface area contributed by atoms with E-state index in [2.05, 4.69) is 15.6 Å². The number of carbonyl (C=O) groups excluding carboxylic acids is 2. The fourth-order valence-electron chi connectivity index (χ4n) is 3.79. The summed E-state index contributed by atoms with van der Waals surface area (Å²) in [6.45, 7) is 0.123. The van der Waals surface area contributed by atoms with Crippen LogP contribution in [-0.2, 0) is 32.1 Å². The van der Waals surface area contributed by atoms with Gasteiger partial charge in [0.05, 0.1) is 12.2 Å². The summed E-state index contributed by atoms with van der Waals surface area (Å²) in [7, 11) is 0. The first kappa shape index (κ1) is 20.1. The lowest BCUT2D eigenvalue weighted by atomic mass is 9.73. The van der Waals surface area contributed by atoms with Gasteiger partial charge in [-0.15, -0.1) is 0 Å². The molecule has 1 saturated heterocycles. The summed E-state index contributed by atoms with van der Waals surface area (Å²) in [5.41, 5.74) is -2.07. The third-order valence-electron chi connectivity index (χ3n) is 5.40. The van der Waals surface area contributed by atoms with Gasteiger partial charge in [-0.3, -0.25) is 14.6 Å². The predicted molar refractivity (Wildman–Crippen MR) is 105 cm³/mol. The first-order chi connectivity index (χ1) is 13.8. The Morgan fingerprint density at radius 2 is 2.14 bits per heavy atom. The van der Waals surface area contributed by atoms with E-state index >= 15 is 4.39 Å². The van der Waals surface area contributed by atoms with Crippen LogP contribution >= 0.6 is 23.2 Å². The molecule has 2 amide bonds. The van der Waals surface area contributed by atoms with E-state index < -0.39 is 17.2 Å². The van der Waals surface area contributed by atoms with Gasteiger partial charge in [-0.1, -0.05) is 35.3 Å². The molecule has 1 aliphatic heterocycles. The van der Waals surface area contributed by atoms with Gasteiger partial charge in [0.15, 0.2) is 0 Å². The van der Waals surface area contributed by atoms with Crippen LogP contribution in [0.15, 0.2) is 36.5 Å². The van der Waals surface area contributed by atoms with Crippen LogP contribution in [0, 0.1) is 0 Å². The number of benzene rings is 1. The highest BCUT2D eigenvalue weighted by atomic mass is 35.5. The fraction of sp³-hybridized carbons (Fsp3) is 0.350. The molecule has 2 aliphatic rings. The van der Waals surface area contributed by atoms with Crippen molar-refractivity contribution in [3.63, 3.8) is 0 Å². The van der Waals surface area contributed by atoms with Crippen molar-refractivity contribution < 1.29 is 18.7 Å². The summed E-state index contributed by atoms with van der Waals surface area (Å²) in [5.74, 6) is -1.00. The summed E-state index contributed by atoms with van der Waals surface area (Å²) in [6.07, 6.45) is 1.64. The Kier molecular flexibility index (Phi) is 5.23. The Hall–Kier alpha value is -2.22. The summed E-state index contributed by atoms with van der Waals surface area (Å²) in [6, 6.07) is 8.01. The molecule has 2 N–H and O–H groups in total. The third kappa shape index (κ3) is 3.58. The molecule has 0 bridgehead atoms. The summed E-state index contributed by atoms with van der Waals surface area (Å²) in [5, 5.41) is 6.24. The van der Waals surface area contributed by atoms with Gasteiger partial charge in [0, 0.05) is 28.4 Å². The second-order valence-corrected chi connectivity index (χ2v) is 8.02. The maximum atomic E-state index is 16.0. The molecule has 1 aliphatic carbocycles. The molecule has 1 aromatic carbocycles. The molecule has 2 atom stereocenters. The number of carbonyl (C=O) groups is 2. The van der Waals surface area contributed by atoms with Crippen LogP contribution < -0.4 is 10.6 Å². The van der Waals surface area contributed by atoms with E-state index in [1.807, 2.05) is 0 Å². The van der Waals surface area contributed by atoms with Crippen molar-refractivity contribution in [3.8, 4) is 0 Å². The number of ether oxygens (including phenoxy) is 1. The summed E-state index contributed by atoms with van der Waals surface area (Å²) < 4.78 is 21.8. The molecule has 4 rings (SSSR count). The molecule has 2 aromatic rings. The van der Waals surface area contributed by atoms with Crippen molar-refractivity contribution in [2.24, 2.45) is 0 Å². The third-order valence-corrected chi connectivity index (χ3v) is 5.99. The minimum absolute atomic E-state index is 0.0633. The van der Waals surface area contributed by atoms with Gasteiger partial charge in [0.1, 0.15) is 12.2 Å². The van der Waals surface area contributed by atoms with Crippen molar-refractivity contribution in [1.82, 2.24) is 15.6 Å². The molecule has 0 saturated carbocycles. The Bertz CT molecular complexity index is 977. The van der Waals surface area contributed by atoms with Crippen LogP contribution in [0.5, 0.6) is 0 Å². The predicted octanol–water partition coefficient (Wildman–Crippen LogP) is 3.01. The standard InChI is InChI=1S/C20H18Cl2FN3O3/c21-13-4-3-12(15(22)8-13)9-25-18(28)20(23)6-5-19(11-26-16(27)10-29-19)17-14(20)2-1-7-24-17/h1-4,7-8H,5-6,9-11H2,(H,25,28)(H,26,27)/t19-,20+/m1/s1. The molecule has 152 valence electrons. The largest absolute Gasteiger partial charge is 0.357 e. The second-order valence-electron chi connectivity index (χ2n) is 7.18. The van der Waals surface area contributed by atoms with Gasteiger partial charge >= 0.3 is 0 Å². The lowest BCUT2D eigenvalue weighted by Gasteiger charge is -2.44. The number of nitrogens with zero attached hydrogens (tertiary/aromatic N) is 1. The Balaban J connectivity index is 1.59. The molecular weight excluding hydrogens is 420 g/mol. The van der Waals surface area contributed by atoms with E-state index in [0.717, 1.165) is 0 Å². The summed E-state index contributed by atoms with van der Waals surface area (Å²) >= 11 is 12.0. The molecular formula is C20H18Cl2FN3O3. The average Bonchev–Trinajstić information content (AvgIpc) is 2.72. The van der Waals surface area contributed by atoms with Crippen LogP contribution in [0.1, 0.15) is 29.7 Å². The maximum absolute atomic E-state index is 16.0. The molecule has 6 nitrogen and oxygen atoms in total. The van der Waals surface area contributed by atoms with Crippen LogP contribution in [-0.4, -0.2) is 29.9 Å². The van der Waals surface area contributed by atoms with Gasteiger partial charge < -0.3 is 15.4 Å². The van der Waals surface area contributed by atoms with E-state index in [-0.39, 0.29) is 44.0 Å². The number of hydrogen-bond acceptors (Lipinski definition) is 4. The fourth-order valence-corrected chi connectivity index (χ4v) is 4.27. The van der Waals surface area contributed by atoms with Crippen molar-refractivity contribution >= 4 is 35.0 Å². The number of amides is 2. The monoisotopic (exact) mass is 437 g/mol. The molecule has 1 aromatic heterocycles. The Morgan fingerprint density at radius 3 is 2.86 bits per heavy atom. The topological polar surface area (TPSA) is 80.3 Å². The highest BCUT2D eigenvalue weighted by Gasteiger charge is 2.54. The lowest BCUT2D eigenvalue weighted by molar-refractivity contribution is -0.154. The van der Waals surface area contributed by atoms with E-state index in [9.17, 15) is 9.59 Å². The van der Waals surface area contributed by atoms with Crippen molar-refractivity contribution in [2.45, 2.75) is 30.7 Å². The van der Waals surface area contributed by atoms with E-state index in [1.54, 1.807) is 24.3 Å². The first-order valence-corrected chi connectivity index (χ1v) is 9.87. The van der Waals surface area contributed by atoms with Crippen LogP contribution in [0.3, 0.4) is 0 Å². The highest BCUT2D eigenvalue weighted by Crippen LogP contribution is 2.47. The van der Waals surface area contributed by atoms with Gasteiger partial charge in [-0.25, -0.2) is 4.39 Å². The molecule has 0 unspecified atom stereocenters. The number of aromatic nitrogens is 1. The van der Waals surface area contributed by atoms with Crippen LogP contribution in [0.4, 0.5) is 4.39 Å². The number of morpholine rings is 1. The molecule has 9 heteroatoms. The van der Waals surface area contributed by atoms with E-state index in [4.69, 9.17) is 27.9 Å². The number of alkyl halides is 1. The zero-order valence-electron chi connectivity index (χ0n) is 15.3. The molecule has 1 spiro atoms. The Labute approximate surface area is 176 Å². The molecule has 2 heterocycles. The zero-order valence-corrected chi connectivity index (χ0v) is 16.8. The summed E-state index contributed by atoms with van der Waals surface area (Å²) in [4.78, 5) is 28.7. The number of fused-ring (bicyclic) bond motifs is 2. The maximum Gasteiger partial charge on any atom is 0.262 e. The lowest BCUT2D eigenvalue weighted by Crippen LogP contribution is -2.56. The number of halogens is 3. The van der Waals surface area contributed by atoms with Crippen LogP contribution in [0.2, 0.25) is 10.0 Å². The quantitative estimate of drug-likeness (QED) is 0.773. The Morgan fingerprint density at radius 1 is 1.31 bits per heavy atom. The van der Waals surface area contributed by atoms with Crippen molar-refractivity contribution in [1.29, 1.82) is 0 Å². The van der Waals surface area contributed by atoms with E-state index in [1.165, 1.54) is 12.3 Å². The van der Waals surface area contributed by atoms with Gasteiger partial charge in [0.2, 0.25) is 11.6 Å². The normalized spacial score (nSPS) is 26.0. The number of pyridine rings is 1. The first-order valence-electron chi connectivity index (χ1n) is 9.12. The smallest absolute Gasteiger partial charge is 0.262 e. The average molecular weight is 438 g/mol. The molecule has 29 heavy (non-hydrogen) atoms. The van der Waals surface area contributed by atoms with Gasteiger partial charge in [-0.2, -0.15) is 0 Å². The van der Waals surface area contributed by atoms with Crippen molar-refractivity contribution in [3.05, 3.63) is 63.4 Å². The number of nitrogens with one attached hydrogen (secondary N) is 2. The van der Waals surface area contributed by atoms with Crippen molar-refractivity contribution in [2.75, 3.05) is 13.2 Å². The van der Waals surface area contributed by atoms with Gasteiger partial charge in [-0.05, 0) is 36.6 Å². The van der Waals surface area contributed by atoms with Crippen LogP contribution in [0.25, 0.3) is 0 Å². The number of hydrogen-bond donors (Lipinski definition) is 2. The van der Waals surface area contributed by atoms with Gasteiger partial charge in [0.25, 0.3) is 5.91 Å². The van der Waals surface area contributed by atoms with E-state index in [0.29, 0.717) is 21.3 Å². The molecule has 0 radical (unpaired) electrons. The zero-order chi connectivity index (χ0) is 20.6.